The maximum absolute atomic E-state index is 12.3. The van der Waals surface area contributed by atoms with E-state index in [1.165, 1.54) is 0 Å². The number of carbonyl (C=O) groups excluding carboxylic acids is 2. The molecule has 2 rings (SSSR count). The van der Waals surface area contributed by atoms with Gasteiger partial charge in [0.2, 0.25) is 5.91 Å². The number of piperidine rings is 1. The summed E-state index contributed by atoms with van der Waals surface area (Å²) in [7, 11) is 0. The number of nitrogens with two attached hydrogens (primary N) is 1. The summed E-state index contributed by atoms with van der Waals surface area (Å²) in [5, 5.41) is 5.62. The van der Waals surface area contributed by atoms with E-state index in [1.54, 1.807) is 18.2 Å². The summed E-state index contributed by atoms with van der Waals surface area (Å²) in [4.78, 5) is 23.4. The van der Waals surface area contributed by atoms with Crippen molar-refractivity contribution in [3.63, 3.8) is 0 Å². The topological polar surface area (TPSA) is 93.4 Å². The van der Waals surface area contributed by atoms with Crippen LogP contribution in [0.15, 0.2) is 18.2 Å². The summed E-state index contributed by atoms with van der Waals surface area (Å²) in [6.07, 6.45) is 1.07. The molecule has 6 heteroatoms. The Morgan fingerprint density at radius 3 is 3.00 bits per heavy atom. The van der Waals surface area contributed by atoms with Crippen molar-refractivity contribution in [3.8, 4) is 5.75 Å². The third-order valence-corrected chi connectivity index (χ3v) is 3.18. The van der Waals surface area contributed by atoms with Crippen molar-refractivity contribution in [2.75, 3.05) is 18.9 Å². The number of hydrogen-bond donors (Lipinski definition) is 3. The van der Waals surface area contributed by atoms with Crippen molar-refractivity contribution >= 4 is 17.5 Å². The van der Waals surface area contributed by atoms with Gasteiger partial charge in [-0.05, 0) is 25.5 Å². The Labute approximate surface area is 117 Å². The molecule has 1 aromatic carbocycles. The van der Waals surface area contributed by atoms with Crippen molar-refractivity contribution < 1.29 is 14.3 Å². The van der Waals surface area contributed by atoms with Crippen LogP contribution >= 0.6 is 0 Å². The highest BCUT2D eigenvalue weighted by atomic mass is 16.5. The Morgan fingerprint density at radius 2 is 2.35 bits per heavy atom. The number of rotatable bonds is 4. The molecular formula is C14H19N3O3. The van der Waals surface area contributed by atoms with E-state index in [4.69, 9.17) is 10.5 Å². The van der Waals surface area contributed by atoms with Gasteiger partial charge in [-0.15, -0.1) is 0 Å². The molecule has 0 saturated carbocycles. The third-order valence-electron chi connectivity index (χ3n) is 3.18. The molecule has 1 unspecified atom stereocenters. The molecule has 1 aliphatic heterocycles. The van der Waals surface area contributed by atoms with E-state index < -0.39 is 0 Å². The van der Waals surface area contributed by atoms with Gasteiger partial charge in [-0.2, -0.15) is 0 Å². The minimum atomic E-state index is -0.234. The lowest BCUT2D eigenvalue weighted by atomic mass is 10.1. The molecule has 0 aromatic heterocycles. The first kappa shape index (κ1) is 14.2. The predicted molar refractivity (Wildman–Crippen MR) is 75.5 cm³/mol. The Balaban J connectivity index is 2.09. The van der Waals surface area contributed by atoms with Crippen molar-refractivity contribution in [3.05, 3.63) is 23.8 Å². The molecule has 1 heterocycles. The number of benzene rings is 1. The van der Waals surface area contributed by atoms with E-state index in [0.717, 1.165) is 0 Å². The van der Waals surface area contributed by atoms with Gasteiger partial charge >= 0.3 is 0 Å². The number of ether oxygens (including phenoxy) is 1. The lowest BCUT2D eigenvalue weighted by Crippen LogP contribution is -2.47. The smallest absolute Gasteiger partial charge is 0.255 e. The van der Waals surface area contributed by atoms with E-state index in [9.17, 15) is 9.59 Å². The first-order chi connectivity index (χ1) is 9.61. The standard InChI is InChI=1S/C14H19N3O3/c1-2-20-13-10(4-3-5-11(13)15)14(19)17-9-6-7-12(18)16-8-9/h3-5,9H,2,6-8,15H2,1H3,(H,16,18)(H,17,19). The fourth-order valence-corrected chi connectivity index (χ4v) is 2.16. The Hall–Kier alpha value is -2.24. The molecule has 0 aliphatic carbocycles. The summed E-state index contributed by atoms with van der Waals surface area (Å²) < 4.78 is 5.44. The maximum Gasteiger partial charge on any atom is 0.255 e. The number of carbonyl (C=O) groups is 2. The summed E-state index contributed by atoms with van der Waals surface area (Å²) in [5.41, 5.74) is 6.70. The number of hydrogen-bond acceptors (Lipinski definition) is 4. The molecule has 6 nitrogen and oxygen atoms in total. The Kier molecular flexibility index (Phi) is 4.45. The summed E-state index contributed by atoms with van der Waals surface area (Å²) >= 11 is 0. The fraction of sp³-hybridized carbons (Fsp3) is 0.429. The number of nitrogens with one attached hydrogen (secondary N) is 2. The van der Waals surface area contributed by atoms with E-state index in [0.29, 0.717) is 43.0 Å². The van der Waals surface area contributed by atoms with E-state index >= 15 is 0 Å². The van der Waals surface area contributed by atoms with Gasteiger partial charge < -0.3 is 21.1 Å². The van der Waals surface area contributed by atoms with E-state index in [-0.39, 0.29) is 17.9 Å². The van der Waals surface area contributed by atoms with Crippen molar-refractivity contribution in [2.24, 2.45) is 0 Å². The van der Waals surface area contributed by atoms with Gasteiger partial charge in [0.05, 0.1) is 17.9 Å². The molecule has 1 saturated heterocycles. The van der Waals surface area contributed by atoms with Gasteiger partial charge in [-0.3, -0.25) is 9.59 Å². The highest BCUT2D eigenvalue weighted by molar-refractivity contribution is 5.98. The highest BCUT2D eigenvalue weighted by Crippen LogP contribution is 2.26. The molecule has 1 aliphatic rings. The first-order valence-electron chi connectivity index (χ1n) is 6.70. The molecule has 1 atom stereocenters. The number of amides is 2. The van der Waals surface area contributed by atoms with Crippen LogP contribution in [0.25, 0.3) is 0 Å². The number of para-hydroxylation sites is 1. The fourth-order valence-electron chi connectivity index (χ4n) is 2.16. The Bertz CT molecular complexity index is 506. The van der Waals surface area contributed by atoms with Crippen LogP contribution in [-0.4, -0.2) is 31.0 Å². The van der Waals surface area contributed by atoms with Gasteiger partial charge in [0.25, 0.3) is 5.91 Å². The van der Waals surface area contributed by atoms with Crippen molar-refractivity contribution in [1.29, 1.82) is 0 Å². The molecule has 2 amide bonds. The molecule has 0 bridgehead atoms. The van der Waals surface area contributed by atoms with Crippen LogP contribution in [0.4, 0.5) is 5.69 Å². The van der Waals surface area contributed by atoms with Crippen molar-refractivity contribution in [1.82, 2.24) is 10.6 Å². The van der Waals surface area contributed by atoms with Gasteiger partial charge in [-0.1, -0.05) is 6.07 Å². The molecule has 0 spiro atoms. The predicted octanol–water partition coefficient (Wildman–Crippen LogP) is 0.676. The maximum atomic E-state index is 12.3. The minimum Gasteiger partial charge on any atom is -0.491 e. The average Bonchev–Trinajstić information content (AvgIpc) is 2.43. The molecule has 0 radical (unpaired) electrons. The summed E-state index contributed by atoms with van der Waals surface area (Å²) in [6, 6.07) is 5.03. The molecule has 4 N–H and O–H groups in total. The average molecular weight is 277 g/mol. The van der Waals surface area contributed by atoms with Crippen LogP contribution in [0.3, 0.4) is 0 Å². The third kappa shape index (κ3) is 3.20. The Morgan fingerprint density at radius 1 is 1.55 bits per heavy atom. The number of anilines is 1. The van der Waals surface area contributed by atoms with Crippen LogP contribution in [0, 0.1) is 0 Å². The van der Waals surface area contributed by atoms with Crippen LogP contribution in [-0.2, 0) is 4.79 Å². The van der Waals surface area contributed by atoms with Crippen LogP contribution in [0.1, 0.15) is 30.1 Å². The second kappa shape index (κ2) is 6.27. The quantitative estimate of drug-likeness (QED) is 0.705. The lowest BCUT2D eigenvalue weighted by Gasteiger charge is -2.24. The van der Waals surface area contributed by atoms with Gasteiger partial charge in [0, 0.05) is 19.0 Å². The summed E-state index contributed by atoms with van der Waals surface area (Å²) in [5.74, 6) is 0.198. The zero-order chi connectivity index (χ0) is 14.5. The van der Waals surface area contributed by atoms with Gasteiger partial charge in [-0.25, -0.2) is 0 Å². The molecule has 1 aromatic rings. The van der Waals surface area contributed by atoms with Crippen LogP contribution in [0.5, 0.6) is 5.75 Å². The van der Waals surface area contributed by atoms with Crippen molar-refractivity contribution in [2.45, 2.75) is 25.8 Å². The molecule has 108 valence electrons. The highest BCUT2D eigenvalue weighted by Gasteiger charge is 2.22. The molecule has 1 fully saturated rings. The normalized spacial score (nSPS) is 18.2. The zero-order valence-electron chi connectivity index (χ0n) is 11.4. The zero-order valence-corrected chi connectivity index (χ0v) is 11.4. The second-order valence-corrected chi connectivity index (χ2v) is 4.67. The molecular weight excluding hydrogens is 258 g/mol. The van der Waals surface area contributed by atoms with Crippen LogP contribution < -0.4 is 21.1 Å². The van der Waals surface area contributed by atoms with Crippen LogP contribution in [0.2, 0.25) is 0 Å². The van der Waals surface area contributed by atoms with Gasteiger partial charge in [0.1, 0.15) is 0 Å². The number of nitrogen functional groups attached to an aromatic ring is 1. The van der Waals surface area contributed by atoms with E-state index in [1.807, 2.05) is 6.92 Å². The summed E-state index contributed by atoms with van der Waals surface area (Å²) in [6.45, 7) is 2.73. The SMILES string of the molecule is CCOc1c(N)cccc1C(=O)NC1CCC(=O)NC1. The second-order valence-electron chi connectivity index (χ2n) is 4.67. The minimum absolute atomic E-state index is 0.0226. The van der Waals surface area contributed by atoms with Gasteiger partial charge in [0.15, 0.2) is 5.75 Å². The van der Waals surface area contributed by atoms with E-state index in [2.05, 4.69) is 10.6 Å². The lowest BCUT2D eigenvalue weighted by molar-refractivity contribution is -0.122. The largest absolute Gasteiger partial charge is 0.491 e. The monoisotopic (exact) mass is 277 g/mol. The molecule has 20 heavy (non-hydrogen) atoms. The first-order valence-corrected chi connectivity index (χ1v) is 6.70.